The van der Waals surface area contributed by atoms with Crippen LogP contribution >= 0.6 is 0 Å². The molecule has 1 fully saturated rings. The third kappa shape index (κ3) is 4.02. The molecule has 3 heteroatoms. The summed E-state index contributed by atoms with van der Waals surface area (Å²) in [6.45, 7) is 5.46. The van der Waals surface area contributed by atoms with Gasteiger partial charge in [0, 0.05) is 19.7 Å². The lowest BCUT2D eigenvalue weighted by Crippen LogP contribution is -2.25. The van der Waals surface area contributed by atoms with E-state index in [1.807, 2.05) is 19.1 Å². The van der Waals surface area contributed by atoms with Crippen LogP contribution in [0.25, 0.3) is 0 Å². The largest absolute Gasteiger partial charge is 0.494 e. The molecule has 0 aromatic heterocycles. The molecule has 1 aromatic carbocycles. The second kappa shape index (κ2) is 6.62. The molecule has 0 radical (unpaired) electrons. The van der Waals surface area contributed by atoms with E-state index in [0.717, 1.165) is 25.4 Å². The van der Waals surface area contributed by atoms with Crippen LogP contribution in [0.2, 0.25) is 0 Å². The maximum atomic E-state index is 5.57. The molecule has 1 saturated heterocycles. The van der Waals surface area contributed by atoms with Crippen molar-refractivity contribution in [3.05, 3.63) is 29.8 Å². The third-order valence-corrected chi connectivity index (χ3v) is 2.93. The summed E-state index contributed by atoms with van der Waals surface area (Å²) in [5.41, 5.74) is 1.26. The molecule has 1 N–H and O–H groups in total. The summed E-state index contributed by atoms with van der Waals surface area (Å²) in [4.78, 5) is 0. The summed E-state index contributed by atoms with van der Waals surface area (Å²) in [5.74, 6) is 0.948. The topological polar surface area (TPSA) is 30.5 Å². The number of hydrogen-bond acceptors (Lipinski definition) is 3. The van der Waals surface area contributed by atoms with Crippen LogP contribution < -0.4 is 10.1 Å². The van der Waals surface area contributed by atoms with Gasteiger partial charge in [-0.05, 0) is 37.5 Å². The van der Waals surface area contributed by atoms with Crippen molar-refractivity contribution in [2.24, 2.45) is 0 Å². The van der Waals surface area contributed by atoms with Crippen LogP contribution in [-0.4, -0.2) is 25.9 Å². The first-order chi connectivity index (χ1) is 8.38. The number of rotatable bonds is 6. The van der Waals surface area contributed by atoms with Crippen LogP contribution in [0.1, 0.15) is 25.3 Å². The van der Waals surface area contributed by atoms with Gasteiger partial charge >= 0.3 is 0 Å². The summed E-state index contributed by atoms with van der Waals surface area (Å²) in [5, 5.41) is 3.43. The van der Waals surface area contributed by atoms with Gasteiger partial charge in [-0.25, -0.2) is 0 Å². The van der Waals surface area contributed by atoms with Crippen molar-refractivity contribution in [2.45, 2.75) is 32.4 Å². The molecule has 94 valence electrons. The Labute approximate surface area is 103 Å². The molecule has 0 amide bonds. The molecule has 0 bridgehead atoms. The van der Waals surface area contributed by atoms with Crippen molar-refractivity contribution >= 4 is 0 Å². The van der Waals surface area contributed by atoms with E-state index >= 15 is 0 Å². The lowest BCUT2D eigenvalue weighted by Gasteiger charge is -2.11. The van der Waals surface area contributed by atoms with Crippen LogP contribution in [0.5, 0.6) is 5.75 Å². The molecule has 3 nitrogen and oxygen atoms in total. The van der Waals surface area contributed by atoms with Crippen molar-refractivity contribution in [2.75, 3.05) is 19.8 Å². The van der Waals surface area contributed by atoms with Crippen molar-refractivity contribution in [1.29, 1.82) is 0 Å². The Morgan fingerprint density at radius 1 is 1.47 bits per heavy atom. The van der Waals surface area contributed by atoms with E-state index in [0.29, 0.717) is 12.7 Å². The summed E-state index contributed by atoms with van der Waals surface area (Å²) in [6, 6.07) is 8.23. The summed E-state index contributed by atoms with van der Waals surface area (Å²) >= 11 is 0. The molecule has 1 aliphatic heterocycles. The first-order valence-electron chi connectivity index (χ1n) is 6.42. The van der Waals surface area contributed by atoms with E-state index in [4.69, 9.17) is 9.47 Å². The second-order valence-electron chi connectivity index (χ2n) is 4.35. The first kappa shape index (κ1) is 12.4. The fraction of sp³-hybridized carbons (Fsp3) is 0.571. The number of benzene rings is 1. The molecular weight excluding hydrogens is 214 g/mol. The average Bonchev–Trinajstić information content (AvgIpc) is 2.83. The van der Waals surface area contributed by atoms with Gasteiger partial charge < -0.3 is 14.8 Å². The number of nitrogens with one attached hydrogen (secondary N) is 1. The van der Waals surface area contributed by atoms with Crippen LogP contribution in [-0.2, 0) is 11.3 Å². The standard InChI is InChI=1S/C14H21NO2/c1-2-16-13-6-3-5-12(9-13)10-15-11-14-7-4-8-17-14/h3,5-6,9,14-15H,2,4,7-8,10-11H2,1H3/t14-/m0/s1. The van der Waals surface area contributed by atoms with Gasteiger partial charge in [-0.15, -0.1) is 0 Å². The number of ether oxygens (including phenoxy) is 2. The molecule has 0 spiro atoms. The smallest absolute Gasteiger partial charge is 0.119 e. The van der Waals surface area contributed by atoms with Crippen molar-refractivity contribution < 1.29 is 9.47 Å². The Morgan fingerprint density at radius 2 is 2.41 bits per heavy atom. The lowest BCUT2D eigenvalue weighted by atomic mass is 10.2. The van der Waals surface area contributed by atoms with Crippen molar-refractivity contribution in [3.8, 4) is 5.75 Å². The van der Waals surface area contributed by atoms with E-state index in [9.17, 15) is 0 Å². The van der Waals surface area contributed by atoms with Gasteiger partial charge in [-0.3, -0.25) is 0 Å². The molecule has 1 aromatic rings. The van der Waals surface area contributed by atoms with E-state index in [2.05, 4.69) is 17.4 Å². The summed E-state index contributed by atoms with van der Waals surface area (Å²) < 4.78 is 11.0. The highest BCUT2D eigenvalue weighted by molar-refractivity contribution is 5.28. The monoisotopic (exact) mass is 235 g/mol. The maximum absolute atomic E-state index is 5.57. The fourth-order valence-corrected chi connectivity index (χ4v) is 2.09. The molecule has 2 rings (SSSR count). The fourth-order valence-electron chi connectivity index (χ4n) is 2.09. The van der Waals surface area contributed by atoms with Gasteiger partial charge in [-0.2, -0.15) is 0 Å². The molecular formula is C14H21NO2. The minimum atomic E-state index is 0.407. The van der Waals surface area contributed by atoms with E-state index in [1.54, 1.807) is 0 Å². The van der Waals surface area contributed by atoms with Gasteiger partial charge in [0.2, 0.25) is 0 Å². The summed E-state index contributed by atoms with van der Waals surface area (Å²) in [6.07, 6.45) is 2.79. The quantitative estimate of drug-likeness (QED) is 0.821. The van der Waals surface area contributed by atoms with Crippen molar-refractivity contribution in [1.82, 2.24) is 5.32 Å². The van der Waals surface area contributed by atoms with Crippen LogP contribution in [0.15, 0.2) is 24.3 Å². The zero-order valence-corrected chi connectivity index (χ0v) is 10.4. The number of hydrogen-bond donors (Lipinski definition) is 1. The Bertz CT molecular complexity index is 335. The van der Waals surface area contributed by atoms with Gasteiger partial charge in [-0.1, -0.05) is 12.1 Å². The van der Waals surface area contributed by atoms with Gasteiger partial charge in [0.05, 0.1) is 12.7 Å². The first-order valence-corrected chi connectivity index (χ1v) is 6.42. The zero-order valence-electron chi connectivity index (χ0n) is 10.4. The molecule has 1 atom stereocenters. The van der Waals surface area contributed by atoms with Crippen LogP contribution in [0.3, 0.4) is 0 Å². The zero-order chi connectivity index (χ0) is 11.9. The van der Waals surface area contributed by atoms with E-state index < -0.39 is 0 Å². The van der Waals surface area contributed by atoms with Gasteiger partial charge in [0.25, 0.3) is 0 Å². The Kier molecular flexibility index (Phi) is 4.83. The lowest BCUT2D eigenvalue weighted by molar-refractivity contribution is 0.110. The van der Waals surface area contributed by atoms with Gasteiger partial charge in [0.15, 0.2) is 0 Å². The maximum Gasteiger partial charge on any atom is 0.119 e. The predicted octanol–water partition coefficient (Wildman–Crippen LogP) is 2.35. The normalized spacial score (nSPS) is 19.5. The molecule has 0 aliphatic carbocycles. The minimum absolute atomic E-state index is 0.407. The highest BCUT2D eigenvalue weighted by Gasteiger charge is 2.14. The minimum Gasteiger partial charge on any atom is -0.494 e. The Morgan fingerprint density at radius 3 is 3.18 bits per heavy atom. The molecule has 0 saturated carbocycles. The highest BCUT2D eigenvalue weighted by Crippen LogP contribution is 2.14. The van der Waals surface area contributed by atoms with E-state index in [-0.39, 0.29) is 0 Å². The average molecular weight is 235 g/mol. The van der Waals surface area contributed by atoms with Crippen LogP contribution in [0.4, 0.5) is 0 Å². The highest BCUT2D eigenvalue weighted by atomic mass is 16.5. The summed E-state index contributed by atoms with van der Waals surface area (Å²) in [7, 11) is 0. The molecule has 17 heavy (non-hydrogen) atoms. The van der Waals surface area contributed by atoms with Crippen molar-refractivity contribution in [3.63, 3.8) is 0 Å². The predicted molar refractivity (Wildman–Crippen MR) is 68.3 cm³/mol. The molecule has 0 unspecified atom stereocenters. The SMILES string of the molecule is CCOc1cccc(CNC[C@@H]2CCCO2)c1. The third-order valence-electron chi connectivity index (χ3n) is 2.93. The molecule has 1 aliphatic rings. The molecule has 1 heterocycles. The van der Waals surface area contributed by atoms with Gasteiger partial charge in [0.1, 0.15) is 5.75 Å². The second-order valence-corrected chi connectivity index (χ2v) is 4.35. The Hall–Kier alpha value is -1.06. The van der Waals surface area contributed by atoms with E-state index in [1.165, 1.54) is 18.4 Å². The Balaban J connectivity index is 1.75. The van der Waals surface area contributed by atoms with Crippen LogP contribution in [0, 0.1) is 0 Å².